The van der Waals surface area contributed by atoms with Gasteiger partial charge in [0.15, 0.2) is 5.78 Å². The molecular weight excluding hydrogens is 825 g/mol. The maximum atomic E-state index is 12.2. The fourth-order valence-electron chi connectivity index (χ4n) is 6.77. The number of ketones is 1. The summed E-state index contributed by atoms with van der Waals surface area (Å²) in [7, 11) is 0. The maximum Gasteiger partial charge on any atom is 0.164 e. The third-order valence-electron chi connectivity index (χ3n) is 11.2. The summed E-state index contributed by atoms with van der Waals surface area (Å²) in [6.07, 6.45) is 12.7. The summed E-state index contributed by atoms with van der Waals surface area (Å²) in [5.74, 6) is 0.286. The molecule has 0 saturated heterocycles. The molecule has 0 atom stereocenters. The summed E-state index contributed by atoms with van der Waals surface area (Å²) in [6.45, 7) is 12.1. The van der Waals surface area contributed by atoms with E-state index in [9.17, 15) is 9.90 Å². The van der Waals surface area contributed by atoms with Crippen molar-refractivity contribution in [2.75, 3.05) is 0 Å². The number of hydrogen-bond acceptors (Lipinski definition) is 5. The molecule has 0 unspecified atom stereocenters. The van der Waals surface area contributed by atoms with E-state index >= 15 is 0 Å². The molecule has 0 aliphatic heterocycles. The summed E-state index contributed by atoms with van der Waals surface area (Å²) < 4.78 is 1.28. The van der Waals surface area contributed by atoms with Crippen molar-refractivity contribution in [3.63, 3.8) is 0 Å². The molecule has 1 aliphatic carbocycles. The molecule has 3 heterocycles. The fraction of sp³-hybridized carbons (Fsp3) is 0.311. The van der Waals surface area contributed by atoms with E-state index < -0.39 is 0 Å². The topological polar surface area (TPSA) is 63.1 Å². The Morgan fingerprint density at radius 2 is 1.55 bits per heavy atom. The van der Waals surface area contributed by atoms with Gasteiger partial charge in [0, 0.05) is 76.4 Å². The van der Waals surface area contributed by atoms with Crippen molar-refractivity contribution in [3.05, 3.63) is 120 Å². The Labute approximate surface area is 320 Å². The van der Waals surface area contributed by atoms with Gasteiger partial charge in [0.2, 0.25) is 0 Å². The molecular formula is C45H47IrN2O2S-. The molecule has 6 heteroatoms. The average molecular weight is 872 g/mol. The summed E-state index contributed by atoms with van der Waals surface area (Å²) in [5, 5.41) is 13.7. The monoisotopic (exact) mass is 872 g/mol. The van der Waals surface area contributed by atoms with Crippen molar-refractivity contribution in [1.29, 1.82) is 0 Å². The fourth-order valence-corrected chi connectivity index (χ4v) is 8.06. The minimum absolute atomic E-state index is 0. The van der Waals surface area contributed by atoms with Gasteiger partial charge in [-0.3, -0.25) is 14.8 Å². The van der Waals surface area contributed by atoms with Gasteiger partial charge in [-0.1, -0.05) is 107 Å². The van der Waals surface area contributed by atoms with E-state index in [0.717, 1.165) is 55.2 Å². The standard InChI is InChI=1S/C30H19N2S.C15H28O2.Ir/c1-2-6-19(7-3-1)25-17-22(16-21-8-4-5-9-23(21)25)29-28-24-11-10-20-12-14-31-18-26(20)30(24)33-27(28)13-15-32-29;1-7-14(5,8-2)12(16)11-13(17)15(6,9-3)10-4;/h1-9,12-15,17-18H,10-11H2;11,16H,7-10H2,1-6H3;/q-1;;/b;12-11-;. The van der Waals surface area contributed by atoms with Crippen LogP contribution < -0.4 is 0 Å². The van der Waals surface area contributed by atoms with Crippen LogP contribution in [0.3, 0.4) is 0 Å². The van der Waals surface area contributed by atoms with Gasteiger partial charge >= 0.3 is 0 Å². The second kappa shape index (κ2) is 16.2. The number of aliphatic hydroxyl groups is 1. The van der Waals surface area contributed by atoms with Crippen LogP contribution in [0.5, 0.6) is 0 Å². The number of rotatable bonds is 9. The van der Waals surface area contributed by atoms with Crippen molar-refractivity contribution in [3.8, 4) is 32.8 Å². The number of benzene rings is 3. The predicted octanol–water partition coefficient (Wildman–Crippen LogP) is 12.4. The van der Waals surface area contributed by atoms with Gasteiger partial charge in [-0.25, -0.2) is 0 Å². The molecule has 51 heavy (non-hydrogen) atoms. The van der Waals surface area contributed by atoms with E-state index in [1.807, 2.05) is 71.5 Å². The normalized spacial score (nSPS) is 12.8. The summed E-state index contributed by atoms with van der Waals surface area (Å²) in [4.78, 5) is 22.9. The van der Waals surface area contributed by atoms with E-state index in [1.54, 1.807) is 0 Å². The number of pyridine rings is 2. The quantitative estimate of drug-likeness (QED) is 0.0893. The number of hydrogen-bond donors (Lipinski definition) is 1. The molecule has 0 fully saturated rings. The van der Waals surface area contributed by atoms with E-state index in [2.05, 4.69) is 83.8 Å². The van der Waals surface area contributed by atoms with Crippen LogP contribution in [0.2, 0.25) is 0 Å². The van der Waals surface area contributed by atoms with Crippen molar-refractivity contribution in [1.82, 2.24) is 9.97 Å². The van der Waals surface area contributed by atoms with E-state index in [1.165, 1.54) is 54.2 Å². The van der Waals surface area contributed by atoms with E-state index in [4.69, 9.17) is 4.98 Å². The van der Waals surface area contributed by atoms with Gasteiger partial charge in [-0.05, 0) is 72.7 Å². The molecule has 1 aliphatic rings. The first-order valence-electron chi connectivity index (χ1n) is 18.0. The van der Waals surface area contributed by atoms with E-state index in [0.29, 0.717) is 0 Å². The van der Waals surface area contributed by atoms with Gasteiger partial charge in [0.1, 0.15) is 5.76 Å². The van der Waals surface area contributed by atoms with Crippen LogP contribution in [0.15, 0.2) is 103 Å². The number of carbonyl (C=O) groups is 1. The molecule has 6 aromatic rings. The maximum absolute atomic E-state index is 12.2. The number of allylic oxidation sites excluding steroid dienone is 2. The van der Waals surface area contributed by atoms with Gasteiger partial charge in [-0.15, -0.1) is 34.9 Å². The van der Waals surface area contributed by atoms with Gasteiger partial charge in [-0.2, -0.15) is 0 Å². The summed E-state index contributed by atoms with van der Waals surface area (Å²) in [5.41, 5.74) is 7.98. The molecule has 1 N–H and O–H groups in total. The van der Waals surface area contributed by atoms with Crippen LogP contribution in [-0.2, 0) is 37.7 Å². The average Bonchev–Trinajstić information content (AvgIpc) is 3.57. The Bertz CT molecular complexity index is 2180. The molecule has 7 rings (SSSR count). The molecule has 0 saturated carbocycles. The number of fused-ring (bicyclic) bond motifs is 6. The Morgan fingerprint density at radius 1 is 0.863 bits per heavy atom. The number of aryl methyl sites for hydroxylation is 2. The Hall–Kier alpha value is -3.96. The molecule has 0 amide bonds. The van der Waals surface area contributed by atoms with Gasteiger partial charge in [0.25, 0.3) is 0 Å². The smallest absolute Gasteiger partial charge is 0.164 e. The molecule has 0 bridgehead atoms. The molecule has 265 valence electrons. The first-order valence-corrected chi connectivity index (χ1v) is 18.8. The second-order valence-corrected chi connectivity index (χ2v) is 15.0. The van der Waals surface area contributed by atoms with Crippen molar-refractivity contribution in [2.45, 2.75) is 80.1 Å². The Balaban J connectivity index is 0.000000242. The zero-order valence-electron chi connectivity index (χ0n) is 30.5. The summed E-state index contributed by atoms with van der Waals surface area (Å²) >= 11 is 1.86. The first-order chi connectivity index (χ1) is 24.2. The minimum Gasteiger partial charge on any atom is -0.512 e. The zero-order valence-corrected chi connectivity index (χ0v) is 33.7. The molecule has 3 aromatic heterocycles. The SMILES string of the molecule is CCC(C)(CC)C(=O)/C=C(\O)C(C)(CC)CC.[Ir].[c-]1c(-c2nccc3sc4c(c23)CCc2ccncc2-4)cc(-c2ccccc2)c2ccccc12. The minimum atomic E-state index is -0.337. The molecule has 0 spiro atoms. The molecule has 4 nitrogen and oxygen atoms in total. The van der Waals surface area contributed by atoms with E-state index in [-0.39, 0.29) is 42.5 Å². The molecule has 1 radical (unpaired) electrons. The largest absolute Gasteiger partial charge is 0.512 e. The van der Waals surface area contributed by atoms with Crippen LogP contribution in [0, 0.1) is 16.9 Å². The van der Waals surface area contributed by atoms with Crippen molar-refractivity contribution in [2.24, 2.45) is 10.8 Å². The van der Waals surface area contributed by atoms with Crippen LogP contribution in [0.25, 0.3) is 53.7 Å². The van der Waals surface area contributed by atoms with Crippen molar-refractivity contribution >= 4 is 38.0 Å². The van der Waals surface area contributed by atoms with Crippen LogP contribution >= 0.6 is 11.3 Å². The number of aromatic nitrogens is 2. The number of nitrogens with zero attached hydrogens (tertiary/aromatic N) is 2. The van der Waals surface area contributed by atoms with Crippen LogP contribution in [0.1, 0.15) is 78.4 Å². The second-order valence-electron chi connectivity index (χ2n) is 13.9. The third-order valence-corrected chi connectivity index (χ3v) is 12.4. The van der Waals surface area contributed by atoms with Gasteiger partial charge < -0.3 is 5.11 Å². The first kappa shape index (κ1) is 38.3. The molecule has 3 aromatic carbocycles. The van der Waals surface area contributed by atoms with Crippen molar-refractivity contribution < 1.29 is 30.0 Å². The third kappa shape index (κ3) is 7.51. The Morgan fingerprint density at radius 3 is 2.25 bits per heavy atom. The number of thiophene rings is 1. The number of aliphatic hydroxyl groups excluding tert-OH is 1. The van der Waals surface area contributed by atoms with Crippen LogP contribution in [-0.4, -0.2) is 20.9 Å². The van der Waals surface area contributed by atoms with Crippen LogP contribution in [0.4, 0.5) is 0 Å². The summed E-state index contributed by atoms with van der Waals surface area (Å²) in [6, 6.07) is 29.4. The zero-order chi connectivity index (χ0) is 35.5. The predicted molar refractivity (Wildman–Crippen MR) is 211 cm³/mol. The number of carbonyl (C=O) groups excluding carboxylic acids is 1. The van der Waals surface area contributed by atoms with Gasteiger partial charge in [0.05, 0.1) is 0 Å². The Kier molecular flexibility index (Phi) is 12.1.